The van der Waals surface area contributed by atoms with Crippen molar-refractivity contribution in [1.29, 1.82) is 0 Å². The number of ether oxygens (including phenoxy) is 2. The van der Waals surface area contributed by atoms with Crippen molar-refractivity contribution in [2.75, 3.05) is 36.9 Å². The summed E-state index contributed by atoms with van der Waals surface area (Å²) in [4.78, 5) is 3.19. The zero-order chi connectivity index (χ0) is 25.2. The molecule has 1 aliphatic rings. The molecule has 188 valence electrons. The molecular weight excluding hydrogens is 482 g/mol. The molecule has 3 aromatic rings. The van der Waals surface area contributed by atoms with E-state index in [1.807, 2.05) is 49.4 Å². The van der Waals surface area contributed by atoms with Gasteiger partial charge in [-0.3, -0.25) is 4.72 Å². The molecule has 9 heteroatoms. The Bertz CT molecular complexity index is 1280. The Hall–Kier alpha value is -2.59. The van der Waals surface area contributed by atoms with Gasteiger partial charge in [0.25, 0.3) is 10.0 Å². The Kier molecular flexibility index (Phi) is 7.70. The van der Waals surface area contributed by atoms with E-state index >= 15 is 0 Å². The summed E-state index contributed by atoms with van der Waals surface area (Å²) in [6.45, 7) is 8.43. The second kappa shape index (κ2) is 10.6. The molecule has 1 aliphatic heterocycles. The number of hydrogen-bond acceptors (Lipinski definition) is 7. The van der Waals surface area contributed by atoms with Gasteiger partial charge in [-0.25, -0.2) is 8.42 Å². The number of methoxy groups -OCH3 is 2. The molecule has 0 spiro atoms. The number of rotatable bonds is 8. The molecule has 7 nitrogen and oxygen atoms in total. The fourth-order valence-corrected chi connectivity index (χ4v) is 7.14. The summed E-state index contributed by atoms with van der Waals surface area (Å²) >= 11 is 1.26. The third-order valence-corrected chi connectivity index (χ3v) is 9.14. The first kappa shape index (κ1) is 25.5. The van der Waals surface area contributed by atoms with Crippen molar-refractivity contribution >= 4 is 32.7 Å². The first-order chi connectivity index (χ1) is 16.7. The topological polar surface area (TPSA) is 79.9 Å². The smallest absolute Gasteiger partial charge is 0.271 e. The summed E-state index contributed by atoms with van der Waals surface area (Å²) in [7, 11) is -0.609. The van der Waals surface area contributed by atoms with Crippen molar-refractivity contribution in [3.8, 4) is 16.2 Å². The summed E-state index contributed by atoms with van der Waals surface area (Å²) in [5.41, 5.74) is 4.32. The molecule has 0 bridgehead atoms. The minimum Gasteiger partial charge on any atom is -0.495 e. The summed E-state index contributed by atoms with van der Waals surface area (Å²) in [5, 5.41) is 3.52. The van der Waals surface area contributed by atoms with Crippen LogP contribution in [-0.4, -0.2) is 47.8 Å². The highest BCUT2D eigenvalue weighted by Crippen LogP contribution is 2.38. The van der Waals surface area contributed by atoms with E-state index in [1.54, 1.807) is 20.3 Å². The van der Waals surface area contributed by atoms with Gasteiger partial charge in [0.15, 0.2) is 0 Å². The van der Waals surface area contributed by atoms with E-state index in [2.05, 4.69) is 28.8 Å². The van der Waals surface area contributed by atoms with Crippen LogP contribution >= 0.6 is 11.3 Å². The highest BCUT2D eigenvalue weighted by Gasteiger charge is 2.24. The SMILES string of the molecule is COCc1cccc(-c2sc(S(=O)(=O)Nc3cc(N4CC(C)NC(C)C4)ccc3OC)cc2C)c1. The number of sulfonamides is 1. The number of thiophene rings is 1. The Morgan fingerprint density at radius 3 is 2.51 bits per heavy atom. The van der Waals surface area contributed by atoms with Gasteiger partial charge in [-0.2, -0.15) is 0 Å². The Labute approximate surface area is 212 Å². The average molecular weight is 516 g/mol. The van der Waals surface area contributed by atoms with Gasteiger partial charge in [0.2, 0.25) is 0 Å². The van der Waals surface area contributed by atoms with Crippen LogP contribution in [0.4, 0.5) is 11.4 Å². The average Bonchev–Trinajstić information content (AvgIpc) is 3.21. The van der Waals surface area contributed by atoms with Crippen LogP contribution in [0.2, 0.25) is 0 Å². The quantitative estimate of drug-likeness (QED) is 0.446. The third kappa shape index (κ3) is 5.81. The molecule has 4 rings (SSSR count). The van der Waals surface area contributed by atoms with Crippen LogP contribution in [0.1, 0.15) is 25.0 Å². The first-order valence-electron chi connectivity index (χ1n) is 11.6. The van der Waals surface area contributed by atoms with Crippen LogP contribution in [0.3, 0.4) is 0 Å². The molecule has 0 aliphatic carbocycles. The van der Waals surface area contributed by atoms with Gasteiger partial charge >= 0.3 is 0 Å². The van der Waals surface area contributed by atoms with E-state index < -0.39 is 10.0 Å². The molecule has 0 saturated carbocycles. The Morgan fingerprint density at radius 2 is 1.83 bits per heavy atom. The zero-order valence-corrected chi connectivity index (χ0v) is 22.4. The molecule has 1 fully saturated rings. The minimum atomic E-state index is -3.81. The van der Waals surface area contributed by atoms with E-state index in [0.29, 0.717) is 30.1 Å². The van der Waals surface area contributed by atoms with Gasteiger partial charge in [0.05, 0.1) is 19.4 Å². The van der Waals surface area contributed by atoms with Crippen LogP contribution in [0.15, 0.2) is 52.7 Å². The summed E-state index contributed by atoms with van der Waals surface area (Å²) in [6, 6.07) is 16.0. The highest BCUT2D eigenvalue weighted by molar-refractivity contribution is 7.94. The molecule has 1 saturated heterocycles. The third-order valence-electron chi connectivity index (χ3n) is 6.01. The molecule has 2 heterocycles. The summed E-state index contributed by atoms with van der Waals surface area (Å²) in [5.74, 6) is 0.481. The van der Waals surface area contributed by atoms with Gasteiger partial charge < -0.3 is 19.7 Å². The van der Waals surface area contributed by atoms with Crippen molar-refractivity contribution in [2.24, 2.45) is 0 Å². The molecule has 2 aromatic carbocycles. The zero-order valence-electron chi connectivity index (χ0n) is 20.8. The monoisotopic (exact) mass is 515 g/mol. The second-order valence-corrected chi connectivity index (χ2v) is 12.0. The van der Waals surface area contributed by atoms with E-state index in [1.165, 1.54) is 11.3 Å². The van der Waals surface area contributed by atoms with Crippen LogP contribution in [0.25, 0.3) is 10.4 Å². The van der Waals surface area contributed by atoms with Gasteiger partial charge in [-0.1, -0.05) is 18.2 Å². The van der Waals surface area contributed by atoms with Crippen molar-refractivity contribution in [3.05, 3.63) is 59.7 Å². The highest BCUT2D eigenvalue weighted by atomic mass is 32.2. The van der Waals surface area contributed by atoms with Crippen molar-refractivity contribution in [3.63, 3.8) is 0 Å². The normalized spacial score (nSPS) is 18.5. The Morgan fingerprint density at radius 1 is 1.09 bits per heavy atom. The molecule has 2 atom stereocenters. The number of nitrogens with one attached hydrogen (secondary N) is 2. The van der Waals surface area contributed by atoms with Crippen LogP contribution < -0.4 is 19.7 Å². The summed E-state index contributed by atoms with van der Waals surface area (Å²) < 4.78 is 40.6. The van der Waals surface area contributed by atoms with E-state index in [0.717, 1.165) is 40.3 Å². The van der Waals surface area contributed by atoms with Crippen molar-refractivity contribution in [1.82, 2.24) is 5.32 Å². The second-order valence-electron chi connectivity index (χ2n) is 9.07. The van der Waals surface area contributed by atoms with E-state index in [4.69, 9.17) is 9.47 Å². The lowest BCUT2D eigenvalue weighted by Gasteiger charge is -2.38. The standard InChI is InChI=1S/C26H33N3O4S2/c1-17-11-25(34-26(17)21-8-6-7-20(12-21)16-32-4)35(30,31)28-23-13-22(9-10-24(23)33-5)29-14-18(2)27-19(3)15-29/h6-13,18-19,27-28H,14-16H2,1-5H3. The number of hydrogen-bond donors (Lipinski definition) is 2. The molecule has 0 amide bonds. The maximum Gasteiger partial charge on any atom is 0.271 e. The van der Waals surface area contributed by atoms with Gasteiger partial charge in [-0.15, -0.1) is 11.3 Å². The number of benzene rings is 2. The molecule has 2 N–H and O–H groups in total. The van der Waals surface area contributed by atoms with Crippen molar-refractivity contribution in [2.45, 2.75) is 43.7 Å². The lowest BCUT2D eigenvalue weighted by Crippen LogP contribution is -2.54. The molecule has 2 unspecified atom stereocenters. The lowest BCUT2D eigenvalue weighted by atomic mass is 10.1. The minimum absolute atomic E-state index is 0.263. The molecule has 1 aromatic heterocycles. The van der Waals surface area contributed by atoms with Crippen LogP contribution in [-0.2, 0) is 21.4 Å². The predicted octanol–water partition coefficient (Wildman–Crippen LogP) is 4.87. The van der Waals surface area contributed by atoms with Crippen LogP contribution in [0.5, 0.6) is 5.75 Å². The number of aryl methyl sites for hydroxylation is 1. The number of anilines is 2. The fourth-order valence-electron chi connectivity index (χ4n) is 4.55. The molecular formula is C26H33N3O4S2. The fraction of sp³-hybridized carbons (Fsp3) is 0.385. The maximum atomic E-state index is 13.4. The largest absolute Gasteiger partial charge is 0.495 e. The predicted molar refractivity (Wildman–Crippen MR) is 143 cm³/mol. The van der Waals surface area contributed by atoms with E-state index in [9.17, 15) is 8.42 Å². The van der Waals surface area contributed by atoms with Crippen LogP contribution in [0, 0.1) is 6.92 Å². The van der Waals surface area contributed by atoms with E-state index in [-0.39, 0.29) is 4.21 Å². The summed E-state index contributed by atoms with van der Waals surface area (Å²) in [6.07, 6.45) is 0. The van der Waals surface area contributed by atoms with Gasteiger partial charge in [-0.05, 0) is 67.8 Å². The first-order valence-corrected chi connectivity index (χ1v) is 13.9. The van der Waals surface area contributed by atoms with Gasteiger partial charge in [0, 0.05) is 42.8 Å². The maximum absolute atomic E-state index is 13.4. The lowest BCUT2D eigenvalue weighted by molar-refractivity contribution is 0.185. The molecule has 35 heavy (non-hydrogen) atoms. The van der Waals surface area contributed by atoms with Crippen molar-refractivity contribution < 1.29 is 17.9 Å². The number of piperazine rings is 1. The Balaban J connectivity index is 1.63. The number of nitrogens with zero attached hydrogens (tertiary/aromatic N) is 1. The van der Waals surface area contributed by atoms with Gasteiger partial charge in [0.1, 0.15) is 9.96 Å². The molecule has 0 radical (unpaired) electrons.